The molecule has 21 heavy (non-hydrogen) atoms. The molecule has 0 bridgehead atoms. The fraction of sp³-hybridized carbons (Fsp3) is 0.133. The summed E-state index contributed by atoms with van der Waals surface area (Å²) in [6.45, 7) is 0.441. The molecule has 0 saturated carbocycles. The second-order valence-electron chi connectivity index (χ2n) is 4.63. The fourth-order valence-corrected chi connectivity index (χ4v) is 2.03. The lowest BCUT2D eigenvalue weighted by Crippen LogP contribution is -2.25. The summed E-state index contributed by atoms with van der Waals surface area (Å²) in [5.41, 5.74) is 1.48. The third-order valence-corrected chi connectivity index (χ3v) is 3.12. The van der Waals surface area contributed by atoms with Gasteiger partial charge in [-0.3, -0.25) is 4.79 Å². The van der Waals surface area contributed by atoms with Crippen molar-refractivity contribution >= 4 is 5.91 Å². The van der Waals surface area contributed by atoms with E-state index in [4.69, 9.17) is 4.42 Å². The van der Waals surface area contributed by atoms with E-state index in [1.807, 2.05) is 18.2 Å². The molecule has 6 heteroatoms. The van der Waals surface area contributed by atoms with E-state index in [9.17, 15) is 4.79 Å². The zero-order chi connectivity index (χ0) is 14.7. The van der Waals surface area contributed by atoms with Crippen LogP contribution in [0.2, 0.25) is 0 Å². The van der Waals surface area contributed by atoms with Crippen molar-refractivity contribution in [1.82, 2.24) is 19.7 Å². The molecule has 6 nitrogen and oxygen atoms in total. The highest BCUT2D eigenvalue weighted by Crippen LogP contribution is 2.12. The van der Waals surface area contributed by atoms with Crippen molar-refractivity contribution in [3.05, 3.63) is 66.6 Å². The number of amides is 1. The number of carbonyl (C=O) groups is 1. The van der Waals surface area contributed by atoms with Crippen molar-refractivity contribution in [2.45, 2.75) is 6.54 Å². The quantitative estimate of drug-likeness (QED) is 0.735. The van der Waals surface area contributed by atoms with Gasteiger partial charge >= 0.3 is 0 Å². The van der Waals surface area contributed by atoms with Crippen molar-refractivity contribution in [2.24, 2.45) is 0 Å². The molecule has 0 unspecified atom stereocenters. The molecule has 0 radical (unpaired) electrons. The van der Waals surface area contributed by atoms with Gasteiger partial charge in [0.2, 0.25) is 0 Å². The van der Waals surface area contributed by atoms with Gasteiger partial charge in [-0.1, -0.05) is 0 Å². The van der Waals surface area contributed by atoms with Crippen molar-refractivity contribution < 1.29 is 9.21 Å². The van der Waals surface area contributed by atoms with E-state index >= 15 is 0 Å². The van der Waals surface area contributed by atoms with Crippen molar-refractivity contribution in [1.29, 1.82) is 0 Å². The second kappa shape index (κ2) is 5.62. The molecule has 0 spiro atoms. The molecule has 2 heterocycles. The van der Waals surface area contributed by atoms with Crippen molar-refractivity contribution in [2.75, 3.05) is 7.05 Å². The largest absolute Gasteiger partial charge is 0.467 e. The number of hydrogen-bond donors (Lipinski definition) is 0. The molecular weight excluding hydrogens is 268 g/mol. The number of aromatic nitrogens is 3. The molecule has 0 atom stereocenters. The van der Waals surface area contributed by atoms with Gasteiger partial charge in [-0.05, 0) is 36.4 Å². The van der Waals surface area contributed by atoms with Crippen LogP contribution in [0, 0.1) is 0 Å². The minimum Gasteiger partial charge on any atom is -0.467 e. The molecular formula is C15H14N4O2. The van der Waals surface area contributed by atoms with Gasteiger partial charge in [-0.15, -0.1) is 0 Å². The highest BCUT2D eigenvalue weighted by atomic mass is 16.3. The summed E-state index contributed by atoms with van der Waals surface area (Å²) < 4.78 is 6.89. The molecule has 0 saturated heterocycles. The maximum absolute atomic E-state index is 12.3. The SMILES string of the molecule is CN(Cc1ccco1)C(=O)c1ccc(-n2cncn2)cc1. The molecule has 106 valence electrons. The topological polar surface area (TPSA) is 64.2 Å². The molecule has 0 aliphatic heterocycles. The lowest BCUT2D eigenvalue weighted by Gasteiger charge is -2.15. The molecule has 1 aromatic carbocycles. The molecule has 0 aliphatic rings. The zero-order valence-electron chi connectivity index (χ0n) is 11.5. The third kappa shape index (κ3) is 2.84. The Labute approximate surface area is 121 Å². The van der Waals surface area contributed by atoms with Crippen LogP contribution in [0.5, 0.6) is 0 Å². The first-order valence-corrected chi connectivity index (χ1v) is 6.47. The predicted octanol–water partition coefficient (Wildman–Crippen LogP) is 2.13. The summed E-state index contributed by atoms with van der Waals surface area (Å²) in [7, 11) is 1.75. The van der Waals surface area contributed by atoms with E-state index in [0.29, 0.717) is 12.1 Å². The Bertz CT molecular complexity index is 703. The average molecular weight is 282 g/mol. The molecule has 1 amide bonds. The summed E-state index contributed by atoms with van der Waals surface area (Å²) >= 11 is 0. The Balaban J connectivity index is 1.72. The third-order valence-electron chi connectivity index (χ3n) is 3.12. The normalized spacial score (nSPS) is 10.5. The maximum atomic E-state index is 12.3. The summed E-state index contributed by atoms with van der Waals surface area (Å²) in [6, 6.07) is 10.9. The van der Waals surface area contributed by atoms with Gasteiger partial charge in [-0.25, -0.2) is 9.67 Å². The van der Waals surface area contributed by atoms with Crippen LogP contribution in [-0.4, -0.2) is 32.6 Å². The van der Waals surface area contributed by atoms with Crippen molar-refractivity contribution in [3.8, 4) is 5.69 Å². The number of benzene rings is 1. The van der Waals surface area contributed by atoms with Crippen LogP contribution in [0.25, 0.3) is 5.69 Å². The van der Waals surface area contributed by atoms with Gasteiger partial charge in [0, 0.05) is 12.6 Å². The standard InChI is InChI=1S/C15H14N4O2/c1-18(9-14-3-2-8-21-14)15(20)12-4-6-13(7-5-12)19-11-16-10-17-19/h2-8,10-11H,9H2,1H3. The molecule has 0 aliphatic carbocycles. The van der Waals surface area contributed by atoms with Gasteiger partial charge in [0.1, 0.15) is 18.4 Å². The number of rotatable bonds is 4. The first kappa shape index (κ1) is 13.1. The van der Waals surface area contributed by atoms with Gasteiger partial charge in [0.15, 0.2) is 0 Å². The van der Waals surface area contributed by atoms with E-state index in [0.717, 1.165) is 11.4 Å². The Morgan fingerprint density at radius 1 is 1.29 bits per heavy atom. The van der Waals surface area contributed by atoms with Gasteiger partial charge < -0.3 is 9.32 Å². The molecule has 3 rings (SSSR count). The number of hydrogen-bond acceptors (Lipinski definition) is 4. The lowest BCUT2D eigenvalue weighted by atomic mass is 10.2. The second-order valence-corrected chi connectivity index (χ2v) is 4.63. The molecule has 3 aromatic rings. The summed E-state index contributed by atoms with van der Waals surface area (Å²) in [5, 5.41) is 4.04. The van der Waals surface area contributed by atoms with Crippen LogP contribution in [0.1, 0.15) is 16.1 Å². The van der Waals surface area contributed by atoms with E-state index in [2.05, 4.69) is 10.1 Å². The highest BCUT2D eigenvalue weighted by Gasteiger charge is 2.13. The van der Waals surface area contributed by atoms with Gasteiger partial charge in [0.05, 0.1) is 18.5 Å². The Morgan fingerprint density at radius 2 is 2.10 bits per heavy atom. The summed E-state index contributed by atoms with van der Waals surface area (Å²) in [6.07, 6.45) is 4.68. The van der Waals surface area contributed by atoms with Crippen LogP contribution in [0.15, 0.2) is 59.7 Å². The Hall–Kier alpha value is -2.89. The highest BCUT2D eigenvalue weighted by molar-refractivity contribution is 5.94. The number of nitrogens with zero attached hydrogens (tertiary/aromatic N) is 4. The first-order chi connectivity index (χ1) is 10.2. The van der Waals surface area contributed by atoms with Crippen LogP contribution in [0.3, 0.4) is 0 Å². The number of carbonyl (C=O) groups excluding carboxylic acids is 1. The van der Waals surface area contributed by atoms with E-state index in [-0.39, 0.29) is 5.91 Å². The van der Waals surface area contributed by atoms with Crippen LogP contribution >= 0.6 is 0 Å². The molecule has 0 fully saturated rings. The van der Waals surface area contributed by atoms with Crippen molar-refractivity contribution in [3.63, 3.8) is 0 Å². The van der Waals surface area contributed by atoms with Crippen LogP contribution in [-0.2, 0) is 6.54 Å². The Kier molecular flexibility index (Phi) is 3.51. The molecule has 0 N–H and O–H groups in total. The summed E-state index contributed by atoms with van der Waals surface area (Å²) in [4.78, 5) is 17.8. The average Bonchev–Trinajstić information content (AvgIpc) is 3.20. The lowest BCUT2D eigenvalue weighted by molar-refractivity contribution is 0.0775. The van der Waals surface area contributed by atoms with E-state index in [1.54, 1.807) is 47.4 Å². The Morgan fingerprint density at radius 3 is 2.71 bits per heavy atom. The fourth-order valence-electron chi connectivity index (χ4n) is 2.03. The maximum Gasteiger partial charge on any atom is 0.254 e. The van der Waals surface area contributed by atoms with Gasteiger partial charge in [0.25, 0.3) is 5.91 Å². The predicted molar refractivity (Wildman–Crippen MR) is 75.9 cm³/mol. The zero-order valence-corrected chi connectivity index (χ0v) is 11.5. The molecule has 2 aromatic heterocycles. The minimum atomic E-state index is -0.0588. The minimum absolute atomic E-state index is 0.0588. The first-order valence-electron chi connectivity index (χ1n) is 6.47. The monoisotopic (exact) mass is 282 g/mol. The van der Waals surface area contributed by atoms with Gasteiger partial charge in [-0.2, -0.15) is 5.10 Å². The van der Waals surface area contributed by atoms with E-state index < -0.39 is 0 Å². The van der Waals surface area contributed by atoms with Crippen LogP contribution in [0.4, 0.5) is 0 Å². The van der Waals surface area contributed by atoms with Crippen LogP contribution < -0.4 is 0 Å². The number of furan rings is 1. The smallest absolute Gasteiger partial charge is 0.254 e. The van der Waals surface area contributed by atoms with E-state index in [1.165, 1.54) is 6.33 Å². The summed E-state index contributed by atoms with van der Waals surface area (Å²) in [5.74, 6) is 0.696.